The summed E-state index contributed by atoms with van der Waals surface area (Å²) >= 11 is 3.25. The summed E-state index contributed by atoms with van der Waals surface area (Å²) < 4.78 is 0.754. The fourth-order valence-electron chi connectivity index (χ4n) is 0.754. The molecule has 12 heavy (non-hydrogen) atoms. The maximum Gasteiger partial charge on any atom is 1.00 e. The Morgan fingerprint density at radius 2 is 2.33 bits per heavy atom. The summed E-state index contributed by atoms with van der Waals surface area (Å²) in [7, 11) is 0. The Balaban J connectivity index is 0.00000121. The standard InChI is InChI=1S/C9H7BrN.K/c1-3-8-5-4-6-11-9(8)7(2)10;/h3-5H,1-2H2;/q-1;+1. The monoisotopic (exact) mass is 247 g/mol. The molecule has 1 heterocycles. The van der Waals surface area contributed by atoms with Crippen molar-refractivity contribution in [1.29, 1.82) is 0 Å². The van der Waals surface area contributed by atoms with E-state index in [-0.39, 0.29) is 51.4 Å². The van der Waals surface area contributed by atoms with Gasteiger partial charge in [0.15, 0.2) is 0 Å². The third-order valence-corrected chi connectivity index (χ3v) is 1.64. The van der Waals surface area contributed by atoms with Gasteiger partial charge >= 0.3 is 51.4 Å². The second kappa shape index (κ2) is 6.24. The topological polar surface area (TPSA) is 12.9 Å². The summed E-state index contributed by atoms with van der Waals surface area (Å²) in [5.74, 6) is 0. The Labute approximate surface area is 124 Å². The molecule has 1 aromatic heterocycles. The van der Waals surface area contributed by atoms with E-state index in [2.05, 4.69) is 40.3 Å². The van der Waals surface area contributed by atoms with Gasteiger partial charge in [0.2, 0.25) is 0 Å². The first-order chi connectivity index (χ1) is 5.25. The first kappa shape index (κ1) is 12.7. The van der Waals surface area contributed by atoms with Gasteiger partial charge in [-0.2, -0.15) is 12.1 Å². The number of aromatic nitrogens is 1. The van der Waals surface area contributed by atoms with E-state index in [1.54, 1.807) is 12.1 Å². The largest absolute Gasteiger partial charge is 1.00 e. The van der Waals surface area contributed by atoms with E-state index in [0.29, 0.717) is 0 Å². The Bertz CT molecular complexity index is 296. The summed E-state index contributed by atoms with van der Waals surface area (Å²) in [6, 6.07) is 3.64. The van der Waals surface area contributed by atoms with E-state index in [1.807, 2.05) is 6.07 Å². The SMILES string of the molecule is C=Cc1cc[c-]nc1C(=C)Br.[K+]. The van der Waals surface area contributed by atoms with Crippen LogP contribution in [-0.2, 0) is 0 Å². The number of hydrogen-bond acceptors (Lipinski definition) is 1. The van der Waals surface area contributed by atoms with Crippen molar-refractivity contribution in [2.45, 2.75) is 0 Å². The number of hydrogen-bond donors (Lipinski definition) is 0. The zero-order valence-electron chi connectivity index (χ0n) is 6.97. The minimum absolute atomic E-state index is 0. The van der Waals surface area contributed by atoms with Crippen molar-refractivity contribution in [3.63, 3.8) is 0 Å². The third kappa shape index (κ3) is 3.24. The van der Waals surface area contributed by atoms with Gasteiger partial charge in [0.1, 0.15) is 0 Å². The van der Waals surface area contributed by atoms with Crippen molar-refractivity contribution < 1.29 is 51.4 Å². The van der Waals surface area contributed by atoms with E-state index in [9.17, 15) is 0 Å². The molecule has 0 aliphatic heterocycles. The average Bonchev–Trinajstić information content (AvgIpc) is 2.04. The van der Waals surface area contributed by atoms with Crippen LogP contribution in [0.1, 0.15) is 11.3 Å². The van der Waals surface area contributed by atoms with E-state index in [4.69, 9.17) is 0 Å². The predicted octanol–water partition coefficient (Wildman–Crippen LogP) is -0.106. The van der Waals surface area contributed by atoms with Crippen LogP contribution in [-0.4, -0.2) is 4.98 Å². The van der Waals surface area contributed by atoms with Crippen molar-refractivity contribution in [3.05, 3.63) is 42.7 Å². The van der Waals surface area contributed by atoms with Crippen molar-refractivity contribution in [2.75, 3.05) is 0 Å². The van der Waals surface area contributed by atoms with E-state index in [0.717, 1.165) is 15.7 Å². The minimum atomic E-state index is 0. The number of halogens is 1. The zero-order chi connectivity index (χ0) is 8.27. The van der Waals surface area contributed by atoms with Gasteiger partial charge in [-0.25, -0.2) is 0 Å². The molecule has 0 radical (unpaired) electrons. The van der Waals surface area contributed by atoms with Crippen LogP contribution in [0.25, 0.3) is 10.6 Å². The fourth-order valence-corrected chi connectivity index (χ4v) is 1.07. The van der Waals surface area contributed by atoms with Crippen molar-refractivity contribution in [2.24, 2.45) is 0 Å². The molecule has 56 valence electrons. The summed E-state index contributed by atoms with van der Waals surface area (Å²) in [6.07, 6.45) is 4.47. The Morgan fingerprint density at radius 1 is 1.67 bits per heavy atom. The van der Waals surface area contributed by atoms with E-state index < -0.39 is 0 Å². The quantitative estimate of drug-likeness (QED) is 0.526. The van der Waals surface area contributed by atoms with Crippen LogP contribution in [0.5, 0.6) is 0 Å². The summed E-state index contributed by atoms with van der Waals surface area (Å²) in [6.45, 7) is 7.38. The van der Waals surface area contributed by atoms with Gasteiger partial charge in [-0.3, -0.25) is 0 Å². The zero-order valence-corrected chi connectivity index (χ0v) is 11.7. The van der Waals surface area contributed by atoms with Crippen LogP contribution >= 0.6 is 15.9 Å². The van der Waals surface area contributed by atoms with Crippen LogP contribution in [0, 0.1) is 6.20 Å². The molecule has 0 N–H and O–H groups in total. The molecule has 0 fully saturated rings. The molecule has 1 aromatic rings. The Morgan fingerprint density at radius 3 is 2.75 bits per heavy atom. The van der Waals surface area contributed by atoms with Crippen LogP contribution < -0.4 is 51.4 Å². The van der Waals surface area contributed by atoms with Crippen molar-refractivity contribution >= 4 is 26.5 Å². The molecule has 0 aliphatic carbocycles. The molecule has 0 amide bonds. The van der Waals surface area contributed by atoms with Crippen molar-refractivity contribution in [3.8, 4) is 0 Å². The molecule has 0 spiro atoms. The minimum Gasteiger partial charge on any atom is -0.385 e. The molecule has 0 atom stereocenters. The first-order valence-corrected chi connectivity index (χ1v) is 3.89. The summed E-state index contributed by atoms with van der Waals surface area (Å²) in [5.41, 5.74) is 1.76. The summed E-state index contributed by atoms with van der Waals surface area (Å²) in [5, 5.41) is 0. The van der Waals surface area contributed by atoms with Crippen LogP contribution in [0.15, 0.2) is 25.3 Å². The van der Waals surface area contributed by atoms with Gasteiger partial charge in [0.25, 0.3) is 0 Å². The molecular formula is C9H7BrKN. The predicted molar refractivity (Wildman–Crippen MR) is 51.1 cm³/mol. The number of pyridine rings is 1. The number of rotatable bonds is 2. The Kier molecular flexibility index (Phi) is 6.63. The fraction of sp³-hybridized carbons (Fsp3) is 0. The smallest absolute Gasteiger partial charge is 0.385 e. The third-order valence-electron chi connectivity index (χ3n) is 1.26. The second-order valence-corrected chi connectivity index (χ2v) is 2.94. The second-order valence-electron chi connectivity index (χ2n) is 1.99. The molecule has 0 bridgehead atoms. The molecule has 3 heteroatoms. The van der Waals surface area contributed by atoms with Gasteiger partial charge in [-0.1, -0.05) is 34.8 Å². The van der Waals surface area contributed by atoms with Crippen LogP contribution in [0.2, 0.25) is 0 Å². The summed E-state index contributed by atoms with van der Waals surface area (Å²) in [4.78, 5) is 4.01. The van der Waals surface area contributed by atoms with Crippen LogP contribution in [0.3, 0.4) is 0 Å². The normalized spacial score (nSPS) is 8.42. The maximum atomic E-state index is 4.01. The molecule has 0 aliphatic rings. The maximum absolute atomic E-state index is 4.01. The average molecular weight is 248 g/mol. The van der Waals surface area contributed by atoms with E-state index in [1.165, 1.54) is 0 Å². The van der Waals surface area contributed by atoms with Gasteiger partial charge < -0.3 is 4.98 Å². The molecule has 0 aromatic carbocycles. The molecule has 1 rings (SSSR count). The molecular weight excluding hydrogens is 241 g/mol. The number of nitrogens with zero attached hydrogens (tertiary/aromatic N) is 1. The van der Waals surface area contributed by atoms with Gasteiger partial charge in [0, 0.05) is 0 Å². The molecule has 0 saturated heterocycles. The van der Waals surface area contributed by atoms with Gasteiger partial charge in [-0.05, 0) is 10.2 Å². The molecule has 0 saturated carbocycles. The van der Waals surface area contributed by atoms with E-state index >= 15 is 0 Å². The Hall–Kier alpha value is 0.746. The molecule has 0 unspecified atom stereocenters. The van der Waals surface area contributed by atoms with Crippen molar-refractivity contribution in [1.82, 2.24) is 4.98 Å². The van der Waals surface area contributed by atoms with Crippen LogP contribution in [0.4, 0.5) is 0 Å². The van der Waals surface area contributed by atoms with Gasteiger partial charge in [0.05, 0.1) is 0 Å². The first-order valence-electron chi connectivity index (χ1n) is 3.10. The molecule has 1 nitrogen and oxygen atoms in total. The van der Waals surface area contributed by atoms with Gasteiger partial charge in [-0.15, -0.1) is 12.1 Å².